The second kappa shape index (κ2) is 8.47. The third-order valence-electron chi connectivity index (χ3n) is 5.32. The number of carbonyl (C=O) groups excluding carboxylic acids is 1. The van der Waals surface area contributed by atoms with Crippen LogP contribution in [0, 0.1) is 0 Å². The molecule has 3 aromatic rings. The molecule has 2 heterocycles. The number of rotatable bonds is 6. The zero-order valence-electron chi connectivity index (χ0n) is 16.9. The van der Waals surface area contributed by atoms with Gasteiger partial charge in [0.1, 0.15) is 17.9 Å². The molecule has 4 rings (SSSR count). The van der Waals surface area contributed by atoms with E-state index in [-0.39, 0.29) is 11.9 Å². The third kappa shape index (κ3) is 4.16. The van der Waals surface area contributed by atoms with E-state index in [4.69, 9.17) is 4.74 Å². The lowest BCUT2D eigenvalue weighted by Crippen LogP contribution is -2.26. The molecule has 0 unspecified atom stereocenters. The van der Waals surface area contributed by atoms with Crippen LogP contribution in [-0.4, -0.2) is 35.6 Å². The number of fused-ring (bicyclic) bond motifs is 1. The molecule has 1 fully saturated rings. The molecule has 6 nitrogen and oxygen atoms in total. The number of anilines is 1. The van der Waals surface area contributed by atoms with Gasteiger partial charge in [-0.15, -0.1) is 0 Å². The van der Waals surface area contributed by atoms with E-state index in [0.717, 1.165) is 41.1 Å². The van der Waals surface area contributed by atoms with Gasteiger partial charge in [0.05, 0.1) is 18.2 Å². The summed E-state index contributed by atoms with van der Waals surface area (Å²) in [6.45, 7) is 6.57. The smallest absolute Gasteiger partial charge is 0.251 e. The van der Waals surface area contributed by atoms with Crippen LogP contribution in [-0.2, 0) is 0 Å². The highest BCUT2D eigenvalue weighted by Gasteiger charge is 2.18. The van der Waals surface area contributed by atoms with E-state index in [0.29, 0.717) is 12.2 Å². The number of hydrogen-bond donors (Lipinski definition) is 1. The van der Waals surface area contributed by atoms with Crippen molar-refractivity contribution in [1.82, 2.24) is 15.3 Å². The molecule has 1 aromatic heterocycles. The summed E-state index contributed by atoms with van der Waals surface area (Å²) in [6.07, 6.45) is 3.94. The fraction of sp³-hybridized carbons (Fsp3) is 0.348. The van der Waals surface area contributed by atoms with Gasteiger partial charge < -0.3 is 15.0 Å². The minimum absolute atomic E-state index is 0.107. The van der Waals surface area contributed by atoms with Gasteiger partial charge in [-0.25, -0.2) is 9.97 Å². The Morgan fingerprint density at radius 2 is 1.90 bits per heavy atom. The Kier molecular flexibility index (Phi) is 5.60. The molecule has 0 bridgehead atoms. The summed E-state index contributed by atoms with van der Waals surface area (Å²) < 4.78 is 5.48. The van der Waals surface area contributed by atoms with Crippen molar-refractivity contribution in [2.24, 2.45) is 0 Å². The van der Waals surface area contributed by atoms with E-state index in [2.05, 4.69) is 20.2 Å². The maximum Gasteiger partial charge on any atom is 0.251 e. The monoisotopic (exact) mass is 390 g/mol. The van der Waals surface area contributed by atoms with Crippen LogP contribution in [0.3, 0.4) is 0 Å². The number of nitrogens with one attached hydrogen (secondary N) is 1. The van der Waals surface area contributed by atoms with Crippen LogP contribution < -0.4 is 15.0 Å². The van der Waals surface area contributed by atoms with Crippen LogP contribution in [0.2, 0.25) is 0 Å². The minimum Gasteiger partial charge on any atom is -0.494 e. The lowest BCUT2D eigenvalue weighted by Gasteiger charge is -2.19. The molecule has 0 saturated carbocycles. The second-order valence-electron chi connectivity index (χ2n) is 7.32. The summed E-state index contributed by atoms with van der Waals surface area (Å²) in [6, 6.07) is 13.3. The largest absolute Gasteiger partial charge is 0.494 e. The van der Waals surface area contributed by atoms with E-state index in [1.54, 1.807) is 6.33 Å². The first-order valence-corrected chi connectivity index (χ1v) is 10.2. The van der Waals surface area contributed by atoms with Gasteiger partial charge in [-0.2, -0.15) is 0 Å². The Morgan fingerprint density at radius 3 is 2.62 bits per heavy atom. The molecule has 1 atom stereocenters. The SMILES string of the molecule is CCOc1ccc([C@H](C)NC(=O)c2ccc3ncnc(N4CCCC4)c3c2)cc1. The zero-order valence-corrected chi connectivity index (χ0v) is 16.9. The fourth-order valence-corrected chi connectivity index (χ4v) is 3.75. The van der Waals surface area contributed by atoms with Crippen molar-refractivity contribution in [3.05, 3.63) is 59.9 Å². The Hall–Kier alpha value is -3.15. The summed E-state index contributed by atoms with van der Waals surface area (Å²) >= 11 is 0. The van der Waals surface area contributed by atoms with Crippen LogP contribution in [0.15, 0.2) is 48.8 Å². The van der Waals surface area contributed by atoms with Crippen molar-refractivity contribution in [2.45, 2.75) is 32.7 Å². The predicted octanol–water partition coefficient (Wildman–Crippen LogP) is 4.12. The van der Waals surface area contributed by atoms with Crippen LogP contribution >= 0.6 is 0 Å². The molecule has 1 N–H and O–H groups in total. The zero-order chi connectivity index (χ0) is 20.2. The highest BCUT2D eigenvalue weighted by atomic mass is 16.5. The first-order chi connectivity index (χ1) is 14.2. The van der Waals surface area contributed by atoms with Crippen molar-refractivity contribution < 1.29 is 9.53 Å². The van der Waals surface area contributed by atoms with Gasteiger partial charge >= 0.3 is 0 Å². The average Bonchev–Trinajstić information content (AvgIpc) is 3.28. The first kappa shape index (κ1) is 19.2. The molecular formula is C23H26N4O2. The van der Waals surface area contributed by atoms with Crippen LogP contribution in [0.4, 0.5) is 5.82 Å². The number of aromatic nitrogens is 2. The number of nitrogens with zero attached hydrogens (tertiary/aromatic N) is 3. The number of amides is 1. The third-order valence-corrected chi connectivity index (χ3v) is 5.32. The summed E-state index contributed by atoms with van der Waals surface area (Å²) in [4.78, 5) is 24.0. The first-order valence-electron chi connectivity index (χ1n) is 10.2. The van der Waals surface area contributed by atoms with E-state index in [1.165, 1.54) is 12.8 Å². The van der Waals surface area contributed by atoms with Crippen LogP contribution in [0.5, 0.6) is 5.75 Å². The van der Waals surface area contributed by atoms with Gasteiger partial charge in [-0.3, -0.25) is 4.79 Å². The summed E-state index contributed by atoms with van der Waals surface area (Å²) in [5.74, 6) is 1.64. The molecule has 1 aliphatic rings. The molecule has 1 aliphatic heterocycles. The van der Waals surface area contributed by atoms with E-state index >= 15 is 0 Å². The summed E-state index contributed by atoms with van der Waals surface area (Å²) in [5, 5.41) is 4.01. The minimum atomic E-state index is -0.112. The van der Waals surface area contributed by atoms with Crippen molar-refractivity contribution in [3.8, 4) is 5.75 Å². The Labute approximate surface area is 170 Å². The highest BCUT2D eigenvalue weighted by Crippen LogP contribution is 2.27. The Bertz CT molecular complexity index is 997. The van der Waals surface area contributed by atoms with E-state index in [1.807, 2.05) is 56.3 Å². The van der Waals surface area contributed by atoms with Crippen molar-refractivity contribution in [2.75, 3.05) is 24.6 Å². The molecule has 1 amide bonds. The second-order valence-corrected chi connectivity index (χ2v) is 7.32. The van der Waals surface area contributed by atoms with Gasteiger partial charge in [0.15, 0.2) is 0 Å². The normalized spacial score (nSPS) is 14.8. The maximum absolute atomic E-state index is 12.9. The predicted molar refractivity (Wildman–Crippen MR) is 114 cm³/mol. The van der Waals surface area contributed by atoms with Gasteiger partial charge in [-0.1, -0.05) is 12.1 Å². The quantitative estimate of drug-likeness (QED) is 0.686. The van der Waals surface area contributed by atoms with Gasteiger partial charge in [0.2, 0.25) is 0 Å². The molecule has 2 aromatic carbocycles. The van der Waals surface area contributed by atoms with Crippen LogP contribution in [0.25, 0.3) is 10.9 Å². The molecule has 1 saturated heterocycles. The lowest BCUT2D eigenvalue weighted by atomic mass is 10.1. The van der Waals surface area contributed by atoms with Gasteiger partial charge in [-0.05, 0) is 62.6 Å². The van der Waals surface area contributed by atoms with Crippen LogP contribution in [0.1, 0.15) is 48.7 Å². The molecule has 0 radical (unpaired) electrons. The Balaban J connectivity index is 1.54. The molecule has 6 heteroatoms. The van der Waals surface area contributed by atoms with Crippen molar-refractivity contribution >= 4 is 22.6 Å². The topological polar surface area (TPSA) is 67.3 Å². The molecule has 0 spiro atoms. The fourth-order valence-electron chi connectivity index (χ4n) is 3.75. The van der Waals surface area contributed by atoms with Crippen molar-refractivity contribution in [3.63, 3.8) is 0 Å². The van der Waals surface area contributed by atoms with E-state index in [9.17, 15) is 4.79 Å². The average molecular weight is 390 g/mol. The number of carbonyl (C=O) groups is 1. The van der Waals surface area contributed by atoms with Gasteiger partial charge in [0, 0.05) is 24.0 Å². The summed E-state index contributed by atoms with van der Waals surface area (Å²) in [5.41, 5.74) is 2.51. The number of ether oxygens (including phenoxy) is 1. The van der Waals surface area contributed by atoms with E-state index < -0.39 is 0 Å². The van der Waals surface area contributed by atoms with Crippen molar-refractivity contribution in [1.29, 1.82) is 0 Å². The maximum atomic E-state index is 12.9. The standard InChI is InChI=1S/C23H26N4O2/c1-3-29-19-9-6-17(7-10-19)16(2)26-23(28)18-8-11-21-20(14-18)22(25-15-24-21)27-12-4-5-13-27/h6-11,14-16H,3-5,12-13H2,1-2H3,(H,26,28)/t16-/m0/s1. The molecular weight excluding hydrogens is 364 g/mol. The summed E-state index contributed by atoms with van der Waals surface area (Å²) in [7, 11) is 0. The number of hydrogen-bond acceptors (Lipinski definition) is 5. The molecule has 29 heavy (non-hydrogen) atoms. The lowest BCUT2D eigenvalue weighted by molar-refractivity contribution is 0.0940. The molecule has 150 valence electrons. The number of benzene rings is 2. The van der Waals surface area contributed by atoms with Gasteiger partial charge in [0.25, 0.3) is 5.91 Å². The Morgan fingerprint density at radius 1 is 1.14 bits per heavy atom. The molecule has 0 aliphatic carbocycles. The highest BCUT2D eigenvalue weighted by molar-refractivity contribution is 6.00.